The van der Waals surface area contributed by atoms with Crippen LogP contribution in [0.3, 0.4) is 0 Å². The van der Waals surface area contributed by atoms with Gasteiger partial charge in [-0.1, -0.05) is 19.1 Å². The SMILES string of the molecule is CCc1ccc(OCn2cc(NC(=O)CC34CC5CC(C3)CC(n3cc([N+](=O)[O-])cn3)(C5)C4)cn2)cc1. The summed E-state index contributed by atoms with van der Waals surface area (Å²) in [5.74, 6) is 1.82. The fraction of sp³-hybridized carbons (Fsp3) is 0.519. The number of amides is 1. The van der Waals surface area contributed by atoms with Crippen LogP contribution in [0.25, 0.3) is 0 Å². The third kappa shape index (κ3) is 4.60. The lowest BCUT2D eigenvalue weighted by atomic mass is 9.46. The summed E-state index contributed by atoms with van der Waals surface area (Å²) >= 11 is 0. The van der Waals surface area contributed by atoms with Gasteiger partial charge in [0.1, 0.15) is 18.1 Å². The molecule has 1 amide bonds. The summed E-state index contributed by atoms with van der Waals surface area (Å²) in [6, 6.07) is 7.99. The fourth-order valence-corrected chi connectivity index (χ4v) is 7.55. The average Bonchev–Trinajstić information content (AvgIpc) is 3.52. The van der Waals surface area contributed by atoms with Gasteiger partial charge in [-0.05, 0) is 79.9 Å². The van der Waals surface area contributed by atoms with Crippen LogP contribution < -0.4 is 10.1 Å². The van der Waals surface area contributed by atoms with Crippen molar-refractivity contribution in [2.24, 2.45) is 17.3 Å². The molecule has 0 radical (unpaired) electrons. The van der Waals surface area contributed by atoms with E-state index in [1.165, 1.54) is 18.2 Å². The van der Waals surface area contributed by atoms with E-state index in [1.54, 1.807) is 23.3 Å². The van der Waals surface area contributed by atoms with E-state index in [-0.39, 0.29) is 34.2 Å². The first-order valence-electron chi connectivity index (χ1n) is 13.1. The summed E-state index contributed by atoms with van der Waals surface area (Å²) in [4.78, 5) is 24.0. The molecule has 194 valence electrons. The van der Waals surface area contributed by atoms with E-state index < -0.39 is 0 Å². The number of carbonyl (C=O) groups is 1. The van der Waals surface area contributed by atoms with Crippen molar-refractivity contribution < 1.29 is 14.5 Å². The average molecular weight is 505 g/mol. The summed E-state index contributed by atoms with van der Waals surface area (Å²) in [6.45, 7) is 2.37. The Morgan fingerprint density at radius 2 is 1.89 bits per heavy atom. The third-order valence-corrected chi connectivity index (χ3v) is 8.56. The van der Waals surface area contributed by atoms with E-state index in [0.29, 0.717) is 23.9 Å². The molecule has 3 aromatic rings. The van der Waals surface area contributed by atoms with Crippen LogP contribution in [0.1, 0.15) is 57.4 Å². The molecule has 7 rings (SSSR count). The van der Waals surface area contributed by atoms with Crippen molar-refractivity contribution in [3.8, 4) is 5.75 Å². The molecular formula is C27H32N6O4. The van der Waals surface area contributed by atoms with E-state index in [1.807, 2.05) is 28.9 Å². The van der Waals surface area contributed by atoms with Gasteiger partial charge in [0.25, 0.3) is 0 Å². The van der Waals surface area contributed by atoms with Gasteiger partial charge in [0.2, 0.25) is 5.91 Å². The molecule has 2 heterocycles. The lowest BCUT2D eigenvalue weighted by Gasteiger charge is -2.61. The van der Waals surface area contributed by atoms with Gasteiger partial charge in [0.15, 0.2) is 6.73 Å². The topological polar surface area (TPSA) is 117 Å². The van der Waals surface area contributed by atoms with Gasteiger partial charge < -0.3 is 10.1 Å². The molecule has 0 spiro atoms. The molecule has 4 bridgehead atoms. The molecule has 4 fully saturated rings. The second-order valence-corrected chi connectivity index (χ2v) is 11.3. The number of rotatable bonds is 9. The molecule has 2 unspecified atom stereocenters. The van der Waals surface area contributed by atoms with Gasteiger partial charge in [0, 0.05) is 6.42 Å². The quantitative estimate of drug-likeness (QED) is 0.327. The van der Waals surface area contributed by atoms with Crippen LogP contribution in [0, 0.1) is 27.4 Å². The van der Waals surface area contributed by atoms with Crippen molar-refractivity contribution in [1.29, 1.82) is 0 Å². The Labute approximate surface area is 215 Å². The van der Waals surface area contributed by atoms with Crippen molar-refractivity contribution in [2.45, 2.75) is 70.6 Å². The third-order valence-electron chi connectivity index (χ3n) is 8.56. The van der Waals surface area contributed by atoms with Crippen LogP contribution in [0.4, 0.5) is 11.4 Å². The van der Waals surface area contributed by atoms with Gasteiger partial charge in [-0.15, -0.1) is 0 Å². The Balaban J connectivity index is 1.10. The van der Waals surface area contributed by atoms with Gasteiger partial charge in [-0.3, -0.25) is 19.6 Å². The fourth-order valence-electron chi connectivity index (χ4n) is 7.55. The molecule has 4 aliphatic carbocycles. The van der Waals surface area contributed by atoms with E-state index >= 15 is 0 Å². The number of anilines is 1. The number of aromatic nitrogens is 4. The van der Waals surface area contributed by atoms with Crippen LogP contribution in [0.5, 0.6) is 5.75 Å². The van der Waals surface area contributed by atoms with Crippen molar-refractivity contribution >= 4 is 17.3 Å². The van der Waals surface area contributed by atoms with Crippen LogP contribution >= 0.6 is 0 Å². The zero-order valence-electron chi connectivity index (χ0n) is 21.0. The van der Waals surface area contributed by atoms with Crippen molar-refractivity contribution in [3.05, 3.63) is 64.7 Å². The van der Waals surface area contributed by atoms with Crippen molar-refractivity contribution in [1.82, 2.24) is 19.6 Å². The molecular weight excluding hydrogens is 472 g/mol. The minimum atomic E-state index is -0.388. The summed E-state index contributed by atoms with van der Waals surface area (Å²) in [5.41, 5.74) is 1.61. The van der Waals surface area contributed by atoms with Crippen molar-refractivity contribution in [3.63, 3.8) is 0 Å². The molecule has 2 atom stereocenters. The molecule has 4 saturated carbocycles. The first-order valence-corrected chi connectivity index (χ1v) is 13.1. The number of benzene rings is 1. The number of carbonyl (C=O) groups excluding carboxylic acids is 1. The minimum absolute atomic E-state index is 0.0147. The summed E-state index contributed by atoms with van der Waals surface area (Å²) in [7, 11) is 0. The second kappa shape index (κ2) is 9.00. The monoisotopic (exact) mass is 504 g/mol. The highest BCUT2D eigenvalue weighted by Crippen LogP contribution is 2.65. The summed E-state index contributed by atoms with van der Waals surface area (Å²) in [6.07, 6.45) is 13.8. The van der Waals surface area contributed by atoms with E-state index in [4.69, 9.17) is 4.74 Å². The van der Waals surface area contributed by atoms with E-state index in [2.05, 4.69) is 22.4 Å². The number of ether oxygens (including phenoxy) is 1. The number of nitrogens with zero attached hydrogens (tertiary/aromatic N) is 5. The smallest absolute Gasteiger partial charge is 0.307 e. The lowest BCUT2D eigenvalue weighted by molar-refractivity contribution is -0.385. The molecule has 1 aromatic carbocycles. The van der Waals surface area contributed by atoms with Gasteiger partial charge >= 0.3 is 5.69 Å². The minimum Gasteiger partial charge on any atom is -0.471 e. The van der Waals surface area contributed by atoms with E-state index in [0.717, 1.165) is 44.3 Å². The van der Waals surface area contributed by atoms with Gasteiger partial charge in [-0.2, -0.15) is 10.2 Å². The Bertz CT molecular complexity index is 1300. The number of nitrogens with one attached hydrogen (secondary N) is 1. The first-order chi connectivity index (χ1) is 17.8. The predicted octanol–water partition coefficient (Wildman–Crippen LogP) is 4.91. The van der Waals surface area contributed by atoms with Crippen LogP contribution in [-0.2, 0) is 23.5 Å². The second-order valence-electron chi connectivity index (χ2n) is 11.3. The number of hydrogen-bond donors (Lipinski definition) is 1. The predicted molar refractivity (Wildman–Crippen MR) is 136 cm³/mol. The Hall–Kier alpha value is -3.69. The molecule has 0 saturated heterocycles. The van der Waals surface area contributed by atoms with Crippen molar-refractivity contribution in [2.75, 3.05) is 5.32 Å². The van der Waals surface area contributed by atoms with Gasteiger partial charge in [0.05, 0.1) is 28.5 Å². The molecule has 10 heteroatoms. The zero-order valence-corrected chi connectivity index (χ0v) is 21.0. The molecule has 10 nitrogen and oxygen atoms in total. The van der Waals surface area contributed by atoms with E-state index in [9.17, 15) is 14.9 Å². The normalized spacial score (nSPS) is 27.8. The van der Waals surface area contributed by atoms with Crippen LogP contribution in [0.2, 0.25) is 0 Å². The number of hydrogen-bond acceptors (Lipinski definition) is 6. The first kappa shape index (κ1) is 23.7. The Morgan fingerprint density at radius 1 is 1.14 bits per heavy atom. The Morgan fingerprint density at radius 3 is 2.57 bits per heavy atom. The molecule has 0 aliphatic heterocycles. The maximum Gasteiger partial charge on any atom is 0.307 e. The standard InChI is InChI=1S/C27H32N6O4/c1-2-19-3-5-24(6-4-19)37-18-31-15-22(13-28-31)30-25(34)12-26-8-20-7-21(9-26)11-27(10-20,17-26)32-16-23(14-29-32)33(35)36/h3-6,13-16,20-21H,2,7-12,17-18H2,1H3,(H,30,34). The maximum absolute atomic E-state index is 13.2. The molecule has 1 N–H and O–H groups in total. The van der Waals surface area contributed by atoms with Gasteiger partial charge in [-0.25, -0.2) is 4.68 Å². The van der Waals surface area contributed by atoms with Crippen LogP contribution in [-0.4, -0.2) is 30.4 Å². The number of nitro groups is 1. The zero-order chi connectivity index (χ0) is 25.6. The van der Waals surface area contributed by atoms with Crippen LogP contribution in [0.15, 0.2) is 49.1 Å². The highest BCUT2D eigenvalue weighted by atomic mass is 16.6. The highest BCUT2D eigenvalue weighted by molar-refractivity contribution is 5.90. The highest BCUT2D eigenvalue weighted by Gasteiger charge is 2.59. The number of aryl methyl sites for hydroxylation is 1. The molecule has 4 aliphatic rings. The largest absolute Gasteiger partial charge is 0.471 e. The molecule has 2 aromatic heterocycles. The lowest BCUT2D eigenvalue weighted by Crippen LogP contribution is -2.57. The molecule has 37 heavy (non-hydrogen) atoms. The summed E-state index contributed by atoms with van der Waals surface area (Å²) in [5, 5.41) is 23.0. The maximum atomic E-state index is 13.2. The summed E-state index contributed by atoms with van der Waals surface area (Å²) < 4.78 is 9.31. The Kier molecular flexibility index (Phi) is 5.77.